The Morgan fingerprint density at radius 2 is 2.48 bits per heavy atom. The average molecular weight is 334 g/mol. The van der Waals surface area contributed by atoms with Crippen molar-refractivity contribution in [2.75, 3.05) is 26.7 Å². The number of nitrogens with zero attached hydrogens (tertiary/aromatic N) is 2. The van der Waals surface area contributed by atoms with Crippen molar-refractivity contribution in [1.82, 2.24) is 20.4 Å². The van der Waals surface area contributed by atoms with Gasteiger partial charge in [-0.25, -0.2) is 0 Å². The second-order valence-electron chi connectivity index (χ2n) is 6.11. The minimum Gasteiger partial charge on any atom is -0.396 e. The normalized spacial score (nSPS) is 16.1. The molecule has 2 aromatic heterocycles. The smallest absolute Gasteiger partial charge is 0.272 e. The minimum absolute atomic E-state index is 0.0194. The zero-order valence-corrected chi connectivity index (χ0v) is 14.0. The van der Waals surface area contributed by atoms with Gasteiger partial charge in [0.15, 0.2) is 5.69 Å². The van der Waals surface area contributed by atoms with Gasteiger partial charge in [-0.3, -0.25) is 9.89 Å². The van der Waals surface area contributed by atoms with Crippen LogP contribution < -0.4 is 5.32 Å². The van der Waals surface area contributed by atoms with Gasteiger partial charge in [0.2, 0.25) is 0 Å². The van der Waals surface area contributed by atoms with Gasteiger partial charge in [-0.05, 0) is 35.9 Å². The van der Waals surface area contributed by atoms with E-state index >= 15 is 0 Å². The summed E-state index contributed by atoms with van der Waals surface area (Å²) in [5.74, 6) is -0.146. The lowest BCUT2D eigenvalue weighted by Gasteiger charge is -2.22. The number of aromatic nitrogens is 2. The van der Waals surface area contributed by atoms with Crippen LogP contribution in [-0.2, 0) is 19.4 Å². The minimum atomic E-state index is -0.165. The summed E-state index contributed by atoms with van der Waals surface area (Å²) in [6.45, 7) is 2.22. The number of likely N-dealkylation sites (N-methyl/N-ethyl adjacent to an activating group) is 1. The summed E-state index contributed by atoms with van der Waals surface area (Å²) in [6.07, 6.45) is 1.66. The maximum Gasteiger partial charge on any atom is 0.272 e. The van der Waals surface area contributed by atoms with Crippen molar-refractivity contribution in [3.8, 4) is 0 Å². The number of aliphatic hydroxyl groups is 1. The van der Waals surface area contributed by atoms with E-state index < -0.39 is 0 Å². The van der Waals surface area contributed by atoms with Crippen molar-refractivity contribution < 1.29 is 9.90 Å². The average Bonchev–Trinajstić information content (AvgIpc) is 3.20. The van der Waals surface area contributed by atoms with Crippen LogP contribution in [0.15, 0.2) is 16.8 Å². The van der Waals surface area contributed by atoms with Gasteiger partial charge in [0, 0.05) is 49.8 Å². The summed E-state index contributed by atoms with van der Waals surface area (Å²) in [6, 6.07) is 2.05. The first-order valence-corrected chi connectivity index (χ1v) is 8.76. The van der Waals surface area contributed by atoms with Crippen molar-refractivity contribution in [1.29, 1.82) is 0 Å². The Kier molecular flexibility index (Phi) is 5.09. The largest absolute Gasteiger partial charge is 0.396 e. The fraction of sp³-hybridized carbons (Fsp3) is 0.500. The number of nitrogens with one attached hydrogen (secondary N) is 2. The van der Waals surface area contributed by atoms with Gasteiger partial charge in [0.25, 0.3) is 5.91 Å². The van der Waals surface area contributed by atoms with E-state index in [1.54, 1.807) is 11.3 Å². The first-order valence-electron chi connectivity index (χ1n) is 7.82. The number of carbonyl (C=O) groups excluding carboxylic acids is 1. The van der Waals surface area contributed by atoms with Crippen molar-refractivity contribution in [2.45, 2.75) is 19.4 Å². The monoisotopic (exact) mass is 334 g/mol. The zero-order valence-electron chi connectivity index (χ0n) is 13.2. The van der Waals surface area contributed by atoms with E-state index in [0.29, 0.717) is 12.2 Å². The molecule has 0 bridgehead atoms. The lowest BCUT2D eigenvalue weighted by molar-refractivity contribution is 0.0933. The molecule has 0 spiro atoms. The maximum atomic E-state index is 12.4. The quantitative estimate of drug-likeness (QED) is 0.737. The molecule has 0 fully saturated rings. The lowest BCUT2D eigenvalue weighted by atomic mass is 10.0. The highest BCUT2D eigenvalue weighted by atomic mass is 32.1. The highest BCUT2D eigenvalue weighted by molar-refractivity contribution is 7.07. The number of rotatable bonds is 6. The molecule has 0 saturated carbocycles. The van der Waals surface area contributed by atoms with E-state index in [4.69, 9.17) is 0 Å². The molecule has 0 saturated heterocycles. The Morgan fingerprint density at radius 3 is 3.22 bits per heavy atom. The van der Waals surface area contributed by atoms with Crippen molar-refractivity contribution in [3.63, 3.8) is 0 Å². The number of amides is 1. The van der Waals surface area contributed by atoms with Crippen LogP contribution in [0.4, 0.5) is 0 Å². The van der Waals surface area contributed by atoms with Gasteiger partial charge in [0.05, 0.1) is 0 Å². The third kappa shape index (κ3) is 3.80. The molecular formula is C16H22N4O2S. The number of fused-ring (bicyclic) bond motifs is 1. The standard InChI is InChI=1S/C16H22N4O2S/c1-20-4-2-14-13(8-20)15(19-18-14)16(22)17-7-12(9-21)6-11-3-5-23-10-11/h3,5,10,12,21H,2,4,6-9H2,1H3,(H,17,22)(H,18,19). The topological polar surface area (TPSA) is 81.2 Å². The van der Waals surface area contributed by atoms with Gasteiger partial charge >= 0.3 is 0 Å². The second-order valence-corrected chi connectivity index (χ2v) is 6.89. The number of aromatic amines is 1. The number of hydrogen-bond acceptors (Lipinski definition) is 5. The van der Waals surface area contributed by atoms with Gasteiger partial charge in [-0.15, -0.1) is 0 Å². The summed E-state index contributed by atoms with van der Waals surface area (Å²) >= 11 is 1.64. The summed E-state index contributed by atoms with van der Waals surface area (Å²) in [5, 5.41) is 23.7. The molecule has 1 aliphatic heterocycles. The number of aliphatic hydroxyl groups excluding tert-OH is 1. The molecule has 1 amide bonds. The van der Waals surface area contributed by atoms with Crippen LogP contribution in [0.25, 0.3) is 0 Å². The third-order valence-electron chi connectivity index (χ3n) is 4.25. The summed E-state index contributed by atoms with van der Waals surface area (Å²) < 4.78 is 0. The number of carbonyl (C=O) groups is 1. The Labute approximate surface area is 139 Å². The molecule has 0 aromatic carbocycles. The molecule has 7 heteroatoms. The van der Waals surface area contributed by atoms with Crippen molar-refractivity contribution >= 4 is 17.2 Å². The molecule has 6 nitrogen and oxygen atoms in total. The Bertz CT molecular complexity index is 653. The van der Waals surface area contributed by atoms with E-state index in [9.17, 15) is 9.90 Å². The van der Waals surface area contributed by atoms with Gasteiger partial charge in [0.1, 0.15) is 0 Å². The molecule has 2 aromatic rings. The Hall–Kier alpha value is -1.70. The molecule has 124 valence electrons. The van der Waals surface area contributed by atoms with Gasteiger partial charge in [-0.1, -0.05) is 0 Å². The number of thiophene rings is 1. The van der Waals surface area contributed by atoms with Crippen molar-refractivity contribution in [2.24, 2.45) is 5.92 Å². The van der Waals surface area contributed by atoms with Crippen LogP contribution >= 0.6 is 11.3 Å². The van der Waals surface area contributed by atoms with Crippen LogP contribution in [0.2, 0.25) is 0 Å². The van der Waals surface area contributed by atoms with Gasteiger partial charge in [-0.2, -0.15) is 16.4 Å². The molecule has 1 aliphatic rings. The van der Waals surface area contributed by atoms with E-state index in [2.05, 4.69) is 31.9 Å². The number of H-pyrrole nitrogens is 1. The zero-order chi connectivity index (χ0) is 16.2. The first-order chi connectivity index (χ1) is 11.2. The van der Waals surface area contributed by atoms with E-state index in [0.717, 1.165) is 37.2 Å². The first kappa shape index (κ1) is 16.2. The summed E-state index contributed by atoms with van der Waals surface area (Å²) in [5.41, 5.74) is 3.74. The van der Waals surface area contributed by atoms with Gasteiger partial charge < -0.3 is 15.3 Å². The fourth-order valence-corrected chi connectivity index (χ4v) is 3.56. The van der Waals surface area contributed by atoms with Crippen LogP contribution in [-0.4, -0.2) is 52.9 Å². The highest BCUT2D eigenvalue weighted by Gasteiger charge is 2.24. The maximum absolute atomic E-state index is 12.4. The van der Waals surface area contributed by atoms with Crippen molar-refractivity contribution in [3.05, 3.63) is 39.3 Å². The second kappa shape index (κ2) is 7.25. The van der Waals surface area contributed by atoms with Crippen LogP contribution in [0, 0.1) is 5.92 Å². The predicted molar refractivity (Wildman–Crippen MR) is 89.6 cm³/mol. The Balaban J connectivity index is 1.60. The number of hydrogen-bond donors (Lipinski definition) is 3. The van der Waals surface area contributed by atoms with E-state index in [1.807, 2.05) is 12.4 Å². The molecule has 0 aliphatic carbocycles. The molecule has 1 unspecified atom stereocenters. The summed E-state index contributed by atoms with van der Waals surface area (Å²) in [4.78, 5) is 14.6. The molecular weight excluding hydrogens is 312 g/mol. The molecule has 0 radical (unpaired) electrons. The van der Waals surface area contributed by atoms with E-state index in [-0.39, 0.29) is 18.4 Å². The Morgan fingerprint density at radius 1 is 1.61 bits per heavy atom. The fourth-order valence-electron chi connectivity index (χ4n) is 2.88. The molecule has 23 heavy (non-hydrogen) atoms. The lowest BCUT2D eigenvalue weighted by Crippen LogP contribution is -2.33. The summed E-state index contributed by atoms with van der Waals surface area (Å²) in [7, 11) is 2.04. The van der Waals surface area contributed by atoms with Crippen LogP contribution in [0.1, 0.15) is 27.3 Å². The SMILES string of the molecule is CN1CCc2[nH]nc(C(=O)NCC(CO)Cc3ccsc3)c2C1. The molecule has 3 N–H and O–H groups in total. The third-order valence-corrected chi connectivity index (χ3v) is 4.99. The highest BCUT2D eigenvalue weighted by Crippen LogP contribution is 2.19. The van der Waals surface area contributed by atoms with Crippen LogP contribution in [0.5, 0.6) is 0 Å². The van der Waals surface area contributed by atoms with E-state index in [1.165, 1.54) is 5.56 Å². The predicted octanol–water partition coefficient (Wildman–Crippen LogP) is 1.04. The molecule has 3 rings (SSSR count). The molecule has 1 atom stereocenters. The molecule has 3 heterocycles. The van der Waals surface area contributed by atoms with Crippen LogP contribution in [0.3, 0.4) is 0 Å².